The number of rotatable bonds is 6. The van der Waals surface area contributed by atoms with Gasteiger partial charge in [-0.2, -0.15) is 0 Å². The van der Waals surface area contributed by atoms with Crippen molar-refractivity contribution in [2.24, 2.45) is 0 Å². The Hall–Kier alpha value is -3.05. The van der Waals surface area contributed by atoms with E-state index >= 15 is 0 Å². The molecule has 2 aromatic heterocycles. The average molecular weight is 388 g/mol. The summed E-state index contributed by atoms with van der Waals surface area (Å²) in [5.41, 5.74) is 5.16. The zero-order valence-electron chi connectivity index (χ0n) is 15.7. The molecule has 0 radical (unpaired) electrons. The number of hydrogen-bond acceptors (Lipinski definition) is 4. The van der Waals surface area contributed by atoms with E-state index in [1.54, 1.807) is 17.5 Å². The Balaban J connectivity index is 1.41. The summed E-state index contributed by atoms with van der Waals surface area (Å²) in [6, 6.07) is 20.1. The molecule has 0 atom stereocenters. The number of hydrogen-bond donors (Lipinski definition) is 1. The molecule has 2 heterocycles. The van der Waals surface area contributed by atoms with Crippen molar-refractivity contribution in [3.05, 3.63) is 78.0 Å². The molecule has 2 aromatic carbocycles. The van der Waals surface area contributed by atoms with Crippen molar-refractivity contribution in [2.45, 2.75) is 26.2 Å². The van der Waals surface area contributed by atoms with Crippen LogP contribution in [-0.2, 0) is 17.6 Å². The van der Waals surface area contributed by atoms with E-state index in [2.05, 4.69) is 46.5 Å². The number of amides is 1. The molecular formula is C23H21N3OS. The maximum atomic E-state index is 12.4. The first-order valence-corrected chi connectivity index (χ1v) is 10.2. The Bertz CT molecular complexity index is 1070. The lowest BCUT2D eigenvalue weighted by atomic mass is 10.1. The van der Waals surface area contributed by atoms with Crippen LogP contribution in [0.15, 0.2) is 66.9 Å². The monoisotopic (exact) mass is 387 g/mol. The summed E-state index contributed by atoms with van der Waals surface area (Å²) in [4.78, 5) is 22.3. The van der Waals surface area contributed by atoms with Gasteiger partial charge in [0, 0.05) is 23.9 Å². The number of aromatic nitrogens is 2. The second-order valence-corrected chi connectivity index (χ2v) is 7.62. The Morgan fingerprint density at radius 1 is 1.04 bits per heavy atom. The molecule has 5 heteroatoms. The largest absolute Gasteiger partial charge is 0.326 e. The SMILES string of the molecule is CCc1ccc(CCC(=O)Nc2cccc(-c3nc4cccnc4s3)c2)cc1. The first kappa shape index (κ1) is 18.3. The molecule has 4 nitrogen and oxygen atoms in total. The molecule has 1 N–H and O–H groups in total. The van der Waals surface area contributed by atoms with E-state index in [9.17, 15) is 4.79 Å². The number of carbonyl (C=O) groups is 1. The lowest BCUT2D eigenvalue weighted by molar-refractivity contribution is -0.116. The van der Waals surface area contributed by atoms with Crippen LogP contribution in [0, 0.1) is 0 Å². The minimum absolute atomic E-state index is 0.0164. The highest BCUT2D eigenvalue weighted by molar-refractivity contribution is 7.21. The second-order valence-electron chi connectivity index (χ2n) is 6.65. The first-order chi connectivity index (χ1) is 13.7. The first-order valence-electron chi connectivity index (χ1n) is 9.41. The van der Waals surface area contributed by atoms with Gasteiger partial charge in [-0.25, -0.2) is 9.97 Å². The van der Waals surface area contributed by atoms with Gasteiger partial charge in [0.05, 0.1) is 0 Å². The molecule has 0 saturated carbocycles. The highest BCUT2D eigenvalue weighted by atomic mass is 32.1. The third-order valence-corrected chi connectivity index (χ3v) is 5.66. The number of aryl methyl sites for hydroxylation is 2. The van der Waals surface area contributed by atoms with Crippen LogP contribution in [0.3, 0.4) is 0 Å². The van der Waals surface area contributed by atoms with Crippen LogP contribution in [-0.4, -0.2) is 15.9 Å². The fourth-order valence-electron chi connectivity index (χ4n) is 3.05. The van der Waals surface area contributed by atoms with Crippen LogP contribution < -0.4 is 5.32 Å². The Labute approximate surface area is 168 Å². The smallest absolute Gasteiger partial charge is 0.224 e. The number of anilines is 1. The molecule has 4 rings (SSSR count). The van der Waals surface area contributed by atoms with E-state index in [0.29, 0.717) is 6.42 Å². The van der Waals surface area contributed by atoms with Gasteiger partial charge in [-0.05, 0) is 48.2 Å². The quantitative estimate of drug-likeness (QED) is 0.476. The molecule has 0 aliphatic heterocycles. The predicted octanol–water partition coefficient (Wildman–Crippen LogP) is 5.49. The molecule has 0 unspecified atom stereocenters. The number of fused-ring (bicyclic) bond motifs is 1. The van der Waals surface area contributed by atoms with Crippen molar-refractivity contribution in [3.63, 3.8) is 0 Å². The van der Waals surface area contributed by atoms with Crippen LogP contribution in [0.5, 0.6) is 0 Å². The molecule has 1 amide bonds. The minimum atomic E-state index is 0.0164. The van der Waals surface area contributed by atoms with Crippen molar-refractivity contribution in [1.29, 1.82) is 0 Å². The van der Waals surface area contributed by atoms with Gasteiger partial charge in [0.2, 0.25) is 5.91 Å². The molecule has 0 bridgehead atoms. The van der Waals surface area contributed by atoms with Gasteiger partial charge < -0.3 is 5.32 Å². The molecule has 4 aromatic rings. The van der Waals surface area contributed by atoms with E-state index in [0.717, 1.165) is 39.4 Å². The maximum Gasteiger partial charge on any atom is 0.224 e. The highest BCUT2D eigenvalue weighted by Crippen LogP contribution is 2.30. The summed E-state index contributed by atoms with van der Waals surface area (Å²) in [7, 11) is 0. The van der Waals surface area contributed by atoms with Crippen molar-refractivity contribution in [1.82, 2.24) is 9.97 Å². The molecule has 0 saturated heterocycles. The van der Waals surface area contributed by atoms with Gasteiger partial charge in [-0.1, -0.05) is 54.7 Å². The number of nitrogens with one attached hydrogen (secondary N) is 1. The molecule has 140 valence electrons. The number of carbonyl (C=O) groups excluding carboxylic acids is 1. The number of benzene rings is 2. The number of pyridine rings is 1. The third kappa shape index (κ3) is 4.26. The van der Waals surface area contributed by atoms with Crippen molar-refractivity contribution in [3.8, 4) is 10.6 Å². The van der Waals surface area contributed by atoms with Crippen LogP contribution in [0.25, 0.3) is 20.9 Å². The van der Waals surface area contributed by atoms with Crippen molar-refractivity contribution >= 4 is 33.3 Å². The maximum absolute atomic E-state index is 12.4. The summed E-state index contributed by atoms with van der Waals surface area (Å²) in [5.74, 6) is 0.0164. The molecule has 0 aliphatic carbocycles. The summed E-state index contributed by atoms with van der Waals surface area (Å²) >= 11 is 1.55. The van der Waals surface area contributed by atoms with Gasteiger partial charge in [-0.15, -0.1) is 0 Å². The fraction of sp³-hybridized carbons (Fsp3) is 0.174. The predicted molar refractivity (Wildman–Crippen MR) is 116 cm³/mol. The topological polar surface area (TPSA) is 54.9 Å². The highest BCUT2D eigenvalue weighted by Gasteiger charge is 2.09. The van der Waals surface area contributed by atoms with Gasteiger partial charge in [0.25, 0.3) is 0 Å². The lowest BCUT2D eigenvalue weighted by Gasteiger charge is -2.07. The summed E-state index contributed by atoms with van der Waals surface area (Å²) in [6.07, 6.45) is 4.00. The normalized spacial score (nSPS) is 10.9. The summed E-state index contributed by atoms with van der Waals surface area (Å²) in [6.45, 7) is 2.14. The number of thiazole rings is 1. The molecule has 0 aliphatic rings. The standard InChI is InChI=1S/C23H21N3OS/c1-2-16-8-10-17(11-9-16)12-13-21(27)25-19-6-3-5-18(15-19)22-26-20-7-4-14-24-23(20)28-22/h3-11,14-15H,2,12-13H2,1H3,(H,25,27). The summed E-state index contributed by atoms with van der Waals surface area (Å²) < 4.78 is 0. The third-order valence-electron chi connectivity index (χ3n) is 4.63. The van der Waals surface area contributed by atoms with Crippen LogP contribution in [0.1, 0.15) is 24.5 Å². The molecule has 28 heavy (non-hydrogen) atoms. The van der Waals surface area contributed by atoms with Gasteiger partial charge in [-0.3, -0.25) is 4.79 Å². The molecule has 0 spiro atoms. The van der Waals surface area contributed by atoms with E-state index in [1.165, 1.54) is 11.1 Å². The van der Waals surface area contributed by atoms with Crippen LogP contribution in [0.4, 0.5) is 5.69 Å². The van der Waals surface area contributed by atoms with E-state index < -0.39 is 0 Å². The fourth-order valence-corrected chi connectivity index (χ4v) is 3.95. The van der Waals surface area contributed by atoms with E-state index in [1.807, 2.05) is 36.4 Å². The number of nitrogens with zero attached hydrogens (tertiary/aromatic N) is 2. The second kappa shape index (κ2) is 8.31. The zero-order valence-corrected chi connectivity index (χ0v) is 16.5. The van der Waals surface area contributed by atoms with Crippen LogP contribution >= 0.6 is 11.3 Å². The Kier molecular flexibility index (Phi) is 5.44. The molecular weight excluding hydrogens is 366 g/mol. The Morgan fingerprint density at radius 3 is 2.64 bits per heavy atom. The molecule has 0 fully saturated rings. The van der Waals surface area contributed by atoms with Crippen LogP contribution in [0.2, 0.25) is 0 Å². The van der Waals surface area contributed by atoms with Gasteiger partial charge in [0.1, 0.15) is 15.4 Å². The Morgan fingerprint density at radius 2 is 1.86 bits per heavy atom. The van der Waals surface area contributed by atoms with Crippen molar-refractivity contribution in [2.75, 3.05) is 5.32 Å². The summed E-state index contributed by atoms with van der Waals surface area (Å²) in [5, 5.41) is 3.90. The van der Waals surface area contributed by atoms with Gasteiger partial charge >= 0.3 is 0 Å². The average Bonchev–Trinajstić information content (AvgIpc) is 3.17. The zero-order chi connectivity index (χ0) is 19.3. The van der Waals surface area contributed by atoms with Gasteiger partial charge in [0.15, 0.2) is 0 Å². The minimum Gasteiger partial charge on any atom is -0.326 e. The van der Waals surface area contributed by atoms with Crippen molar-refractivity contribution < 1.29 is 4.79 Å². The van der Waals surface area contributed by atoms with E-state index in [-0.39, 0.29) is 5.91 Å². The lowest BCUT2D eigenvalue weighted by Crippen LogP contribution is -2.12. The van der Waals surface area contributed by atoms with E-state index in [4.69, 9.17) is 0 Å².